The number of rotatable bonds is 4. The smallest absolute Gasteiger partial charge is 0.261 e. The second-order valence-corrected chi connectivity index (χ2v) is 8.98. The zero-order valence-corrected chi connectivity index (χ0v) is 17.4. The van der Waals surface area contributed by atoms with Gasteiger partial charge in [0.15, 0.2) is 0 Å². The summed E-state index contributed by atoms with van der Waals surface area (Å²) in [6, 6.07) is 10.2. The molecule has 4 rings (SSSR count). The van der Waals surface area contributed by atoms with Gasteiger partial charge in [-0.2, -0.15) is 0 Å². The van der Waals surface area contributed by atoms with Gasteiger partial charge in [-0.15, -0.1) is 0 Å². The highest BCUT2D eigenvalue weighted by Gasteiger charge is 2.25. The SMILES string of the molecule is C[C@H]1CN(C(=O)c2cc(=O)[nH]c3ccc(S(=O)(=O)Nc4ccc(F)cc4)cc23)CCO1. The lowest BCUT2D eigenvalue weighted by Gasteiger charge is -2.31. The van der Waals surface area contributed by atoms with Crippen molar-refractivity contribution in [3.63, 3.8) is 0 Å². The van der Waals surface area contributed by atoms with E-state index in [0.29, 0.717) is 30.6 Å². The molecule has 8 nitrogen and oxygen atoms in total. The first-order valence-electron chi connectivity index (χ1n) is 9.59. The Kier molecular flexibility index (Phi) is 5.50. The van der Waals surface area contributed by atoms with E-state index in [9.17, 15) is 22.4 Å². The van der Waals surface area contributed by atoms with Gasteiger partial charge in [-0.3, -0.25) is 14.3 Å². The van der Waals surface area contributed by atoms with E-state index in [1.54, 1.807) is 4.90 Å². The van der Waals surface area contributed by atoms with Crippen LogP contribution in [0.2, 0.25) is 0 Å². The van der Waals surface area contributed by atoms with Gasteiger partial charge in [0.25, 0.3) is 15.9 Å². The number of H-pyrrole nitrogens is 1. The lowest BCUT2D eigenvalue weighted by Crippen LogP contribution is -2.44. The topological polar surface area (TPSA) is 109 Å². The molecule has 1 aliphatic heterocycles. The van der Waals surface area contributed by atoms with Gasteiger partial charge in [0.05, 0.1) is 23.2 Å². The fourth-order valence-corrected chi connectivity index (χ4v) is 4.57. The molecule has 1 fully saturated rings. The first-order chi connectivity index (χ1) is 14.7. The Hall–Kier alpha value is -3.24. The van der Waals surface area contributed by atoms with E-state index in [-0.39, 0.29) is 28.2 Å². The number of nitrogens with one attached hydrogen (secondary N) is 2. The van der Waals surface area contributed by atoms with Crippen LogP contribution in [0.3, 0.4) is 0 Å². The second kappa shape index (κ2) is 8.12. The number of halogens is 1. The van der Waals surface area contributed by atoms with Crippen LogP contribution < -0.4 is 10.3 Å². The summed E-state index contributed by atoms with van der Waals surface area (Å²) < 4.78 is 46.6. The number of carbonyl (C=O) groups is 1. The van der Waals surface area contributed by atoms with Crippen molar-refractivity contribution >= 4 is 32.5 Å². The van der Waals surface area contributed by atoms with Gasteiger partial charge >= 0.3 is 0 Å². The molecule has 0 aliphatic carbocycles. The number of nitrogens with zero attached hydrogens (tertiary/aromatic N) is 1. The Balaban J connectivity index is 1.74. The van der Waals surface area contributed by atoms with Crippen LogP contribution in [0, 0.1) is 5.82 Å². The zero-order chi connectivity index (χ0) is 22.2. The molecule has 162 valence electrons. The molecule has 1 aliphatic rings. The normalized spacial score (nSPS) is 17.0. The van der Waals surface area contributed by atoms with E-state index >= 15 is 0 Å². The van der Waals surface area contributed by atoms with Gasteiger partial charge in [0, 0.05) is 35.7 Å². The minimum atomic E-state index is -4.01. The summed E-state index contributed by atoms with van der Waals surface area (Å²) in [5.74, 6) is -0.856. The lowest BCUT2D eigenvalue weighted by atomic mass is 10.1. The van der Waals surface area contributed by atoms with Crippen LogP contribution in [-0.4, -0.2) is 50.0 Å². The molecule has 0 saturated carbocycles. The number of hydrogen-bond donors (Lipinski definition) is 2. The van der Waals surface area contributed by atoms with Crippen LogP contribution in [0.4, 0.5) is 10.1 Å². The first kappa shape index (κ1) is 21.0. The largest absolute Gasteiger partial charge is 0.375 e. The molecule has 1 amide bonds. The highest BCUT2D eigenvalue weighted by atomic mass is 32.2. The standard InChI is InChI=1S/C21H20FN3O5S/c1-13-12-25(8-9-30-13)21(27)18-11-20(26)23-19-7-6-16(10-17(18)19)31(28,29)24-15-4-2-14(22)3-5-15/h2-7,10-11,13,24H,8-9,12H2,1H3,(H,23,26)/t13-/m0/s1. The molecule has 1 aromatic heterocycles. The van der Waals surface area contributed by atoms with Crippen molar-refractivity contribution in [3.8, 4) is 0 Å². The third-order valence-corrected chi connectivity index (χ3v) is 6.36. The molecule has 0 unspecified atom stereocenters. The molecular formula is C21H20FN3O5S. The summed E-state index contributed by atoms with van der Waals surface area (Å²) in [7, 11) is -4.01. The summed E-state index contributed by atoms with van der Waals surface area (Å²) in [5, 5.41) is 0.311. The predicted octanol–water partition coefficient (Wildman–Crippen LogP) is 2.33. The fourth-order valence-electron chi connectivity index (χ4n) is 3.48. The Morgan fingerprint density at radius 2 is 1.94 bits per heavy atom. The maximum atomic E-state index is 13.1. The summed E-state index contributed by atoms with van der Waals surface area (Å²) in [4.78, 5) is 29.3. The second-order valence-electron chi connectivity index (χ2n) is 7.30. The summed E-state index contributed by atoms with van der Waals surface area (Å²) >= 11 is 0. The average molecular weight is 445 g/mol. The van der Waals surface area contributed by atoms with Crippen LogP contribution in [0.5, 0.6) is 0 Å². The summed E-state index contributed by atoms with van der Waals surface area (Å²) in [5.41, 5.74) is 0.198. The molecule has 31 heavy (non-hydrogen) atoms. The maximum absolute atomic E-state index is 13.1. The van der Waals surface area contributed by atoms with Gasteiger partial charge in [0.1, 0.15) is 5.82 Å². The van der Waals surface area contributed by atoms with Crippen molar-refractivity contribution in [1.82, 2.24) is 9.88 Å². The number of pyridine rings is 1. The number of ether oxygens (including phenoxy) is 1. The fraction of sp³-hybridized carbons (Fsp3) is 0.238. The molecule has 2 aromatic carbocycles. The van der Waals surface area contributed by atoms with Gasteiger partial charge < -0.3 is 14.6 Å². The van der Waals surface area contributed by atoms with Crippen molar-refractivity contribution < 1.29 is 22.3 Å². The van der Waals surface area contributed by atoms with E-state index in [0.717, 1.165) is 12.1 Å². The first-order valence-corrected chi connectivity index (χ1v) is 11.1. The van der Waals surface area contributed by atoms with Crippen molar-refractivity contribution in [3.05, 3.63) is 70.3 Å². The molecule has 0 bridgehead atoms. The highest BCUT2D eigenvalue weighted by molar-refractivity contribution is 7.92. The van der Waals surface area contributed by atoms with Crippen molar-refractivity contribution in [2.24, 2.45) is 0 Å². The van der Waals surface area contributed by atoms with E-state index < -0.39 is 21.4 Å². The third kappa shape index (κ3) is 4.44. The maximum Gasteiger partial charge on any atom is 0.261 e. The highest BCUT2D eigenvalue weighted by Crippen LogP contribution is 2.24. The molecular weight excluding hydrogens is 425 g/mol. The zero-order valence-electron chi connectivity index (χ0n) is 16.6. The number of morpholine rings is 1. The Bertz CT molecular complexity index is 1300. The van der Waals surface area contributed by atoms with Gasteiger partial charge in [0.2, 0.25) is 5.56 Å². The van der Waals surface area contributed by atoms with Crippen LogP contribution >= 0.6 is 0 Å². The molecule has 3 aromatic rings. The van der Waals surface area contributed by atoms with E-state index in [2.05, 4.69) is 9.71 Å². The van der Waals surface area contributed by atoms with E-state index in [4.69, 9.17) is 4.74 Å². The molecule has 2 heterocycles. The summed E-state index contributed by atoms with van der Waals surface area (Å²) in [6.45, 7) is 2.98. The lowest BCUT2D eigenvalue weighted by molar-refractivity contribution is -0.0123. The number of amides is 1. The molecule has 0 radical (unpaired) electrons. The number of fused-ring (bicyclic) bond motifs is 1. The molecule has 1 saturated heterocycles. The number of benzene rings is 2. The van der Waals surface area contributed by atoms with Crippen LogP contribution in [0.15, 0.2) is 58.2 Å². The average Bonchev–Trinajstić information content (AvgIpc) is 2.73. The number of sulfonamides is 1. The minimum absolute atomic E-state index is 0.0965. The Labute approximate surface area is 177 Å². The van der Waals surface area contributed by atoms with Crippen molar-refractivity contribution in [2.75, 3.05) is 24.4 Å². The Morgan fingerprint density at radius 1 is 1.19 bits per heavy atom. The molecule has 0 spiro atoms. The molecule has 10 heteroatoms. The summed E-state index contributed by atoms with van der Waals surface area (Å²) in [6.07, 6.45) is -0.137. The number of hydrogen-bond acceptors (Lipinski definition) is 5. The van der Waals surface area contributed by atoms with E-state index in [1.807, 2.05) is 6.92 Å². The van der Waals surface area contributed by atoms with Crippen LogP contribution in [0.1, 0.15) is 17.3 Å². The molecule has 1 atom stereocenters. The van der Waals surface area contributed by atoms with Crippen LogP contribution in [0.25, 0.3) is 10.9 Å². The van der Waals surface area contributed by atoms with Crippen LogP contribution in [-0.2, 0) is 14.8 Å². The number of carbonyl (C=O) groups excluding carboxylic acids is 1. The van der Waals surface area contributed by atoms with Gasteiger partial charge in [-0.25, -0.2) is 12.8 Å². The number of aromatic amines is 1. The van der Waals surface area contributed by atoms with Crippen molar-refractivity contribution in [2.45, 2.75) is 17.9 Å². The van der Waals surface area contributed by atoms with Gasteiger partial charge in [-0.05, 0) is 49.4 Å². The predicted molar refractivity (Wildman–Crippen MR) is 113 cm³/mol. The quantitative estimate of drug-likeness (QED) is 0.641. The molecule has 2 N–H and O–H groups in total. The Morgan fingerprint density at radius 3 is 2.65 bits per heavy atom. The number of aromatic nitrogens is 1. The third-order valence-electron chi connectivity index (χ3n) is 4.98. The van der Waals surface area contributed by atoms with E-state index in [1.165, 1.54) is 36.4 Å². The number of anilines is 1. The minimum Gasteiger partial charge on any atom is -0.375 e. The monoisotopic (exact) mass is 445 g/mol. The van der Waals surface area contributed by atoms with Crippen molar-refractivity contribution in [1.29, 1.82) is 0 Å². The van der Waals surface area contributed by atoms with Gasteiger partial charge in [-0.1, -0.05) is 0 Å².